The molecule has 108 valence electrons. The lowest BCUT2D eigenvalue weighted by molar-refractivity contribution is 0.0631. The molecular formula is C15H20N2O2S. The van der Waals surface area contributed by atoms with Crippen molar-refractivity contribution in [2.75, 3.05) is 6.54 Å². The number of hydrogen-bond acceptors (Lipinski definition) is 3. The van der Waals surface area contributed by atoms with Gasteiger partial charge in [0.15, 0.2) is 0 Å². The largest absolute Gasteiger partial charge is 0.383 e. The fourth-order valence-electron chi connectivity index (χ4n) is 1.90. The van der Waals surface area contributed by atoms with E-state index in [9.17, 15) is 9.90 Å². The van der Waals surface area contributed by atoms with E-state index in [1.807, 2.05) is 44.2 Å². The van der Waals surface area contributed by atoms with E-state index in [0.717, 1.165) is 15.0 Å². The highest BCUT2D eigenvalue weighted by molar-refractivity contribution is 7.19. The molecule has 0 fully saturated rings. The zero-order valence-electron chi connectivity index (χ0n) is 11.9. The quantitative estimate of drug-likeness (QED) is 0.811. The van der Waals surface area contributed by atoms with E-state index in [0.29, 0.717) is 0 Å². The Balaban J connectivity index is 2.07. The van der Waals surface area contributed by atoms with Crippen molar-refractivity contribution < 1.29 is 9.90 Å². The molecule has 1 heterocycles. The van der Waals surface area contributed by atoms with Crippen LogP contribution in [-0.2, 0) is 5.60 Å². The van der Waals surface area contributed by atoms with Gasteiger partial charge in [-0.3, -0.25) is 0 Å². The van der Waals surface area contributed by atoms with Gasteiger partial charge in [0.25, 0.3) is 0 Å². The molecule has 1 aromatic heterocycles. The van der Waals surface area contributed by atoms with Crippen LogP contribution in [0.25, 0.3) is 10.1 Å². The molecule has 0 radical (unpaired) electrons. The van der Waals surface area contributed by atoms with E-state index in [1.165, 1.54) is 0 Å². The average Bonchev–Trinajstić information content (AvgIpc) is 2.80. The minimum Gasteiger partial charge on any atom is -0.383 e. The van der Waals surface area contributed by atoms with Gasteiger partial charge in [0.1, 0.15) is 5.60 Å². The summed E-state index contributed by atoms with van der Waals surface area (Å²) >= 11 is 1.55. The van der Waals surface area contributed by atoms with Crippen molar-refractivity contribution in [3.8, 4) is 0 Å². The van der Waals surface area contributed by atoms with Gasteiger partial charge in [-0.2, -0.15) is 0 Å². The zero-order chi connectivity index (χ0) is 14.8. The lowest BCUT2D eigenvalue weighted by atomic mass is 10.0. The van der Waals surface area contributed by atoms with Crippen LogP contribution in [0.15, 0.2) is 30.3 Å². The molecule has 0 aliphatic rings. The van der Waals surface area contributed by atoms with Gasteiger partial charge in [0, 0.05) is 15.6 Å². The van der Waals surface area contributed by atoms with Crippen molar-refractivity contribution in [1.82, 2.24) is 10.6 Å². The molecule has 0 bridgehead atoms. The number of amides is 2. The van der Waals surface area contributed by atoms with Crippen LogP contribution < -0.4 is 10.6 Å². The van der Waals surface area contributed by atoms with Crippen LogP contribution >= 0.6 is 11.3 Å². The van der Waals surface area contributed by atoms with E-state index < -0.39 is 5.60 Å². The number of carbonyl (C=O) groups is 1. The second-order valence-corrected chi connectivity index (χ2v) is 6.49. The molecule has 1 atom stereocenters. The first-order valence-corrected chi connectivity index (χ1v) is 7.46. The summed E-state index contributed by atoms with van der Waals surface area (Å²) in [4.78, 5) is 12.4. The molecule has 0 saturated carbocycles. The predicted molar refractivity (Wildman–Crippen MR) is 83.1 cm³/mol. The standard InChI is InChI=1S/C15H20N2O2S/c1-10(2)17-14(18)16-9-15(3,19)13-8-11-6-4-5-7-12(11)20-13/h4-8,10,19H,9H2,1-3H3,(H2,16,17,18). The Kier molecular flexibility index (Phi) is 4.30. The average molecular weight is 292 g/mol. The maximum Gasteiger partial charge on any atom is 0.315 e. The third-order valence-electron chi connectivity index (χ3n) is 2.97. The third kappa shape index (κ3) is 3.49. The molecule has 2 aromatic rings. The van der Waals surface area contributed by atoms with Gasteiger partial charge in [-0.15, -0.1) is 11.3 Å². The second kappa shape index (κ2) is 5.81. The Bertz CT molecular complexity index is 572. The number of carbonyl (C=O) groups excluding carboxylic acids is 1. The van der Waals surface area contributed by atoms with Crippen molar-refractivity contribution in [3.05, 3.63) is 35.2 Å². The zero-order valence-corrected chi connectivity index (χ0v) is 12.8. The number of aliphatic hydroxyl groups is 1. The van der Waals surface area contributed by atoms with Gasteiger partial charge < -0.3 is 15.7 Å². The molecular weight excluding hydrogens is 272 g/mol. The van der Waals surface area contributed by atoms with Gasteiger partial charge >= 0.3 is 6.03 Å². The Morgan fingerprint density at radius 3 is 2.75 bits per heavy atom. The molecule has 0 aliphatic carbocycles. The molecule has 3 N–H and O–H groups in total. The highest BCUT2D eigenvalue weighted by Crippen LogP contribution is 2.32. The summed E-state index contributed by atoms with van der Waals surface area (Å²) in [6.07, 6.45) is 0. The Morgan fingerprint density at radius 1 is 1.40 bits per heavy atom. The van der Waals surface area contributed by atoms with E-state index in [1.54, 1.807) is 18.3 Å². The molecule has 0 aliphatic heterocycles. The van der Waals surface area contributed by atoms with Gasteiger partial charge in [0.2, 0.25) is 0 Å². The van der Waals surface area contributed by atoms with Gasteiger partial charge in [-0.25, -0.2) is 4.79 Å². The molecule has 0 saturated heterocycles. The normalized spacial score (nSPS) is 14.2. The molecule has 2 amide bonds. The monoisotopic (exact) mass is 292 g/mol. The Hall–Kier alpha value is -1.59. The smallest absolute Gasteiger partial charge is 0.315 e. The summed E-state index contributed by atoms with van der Waals surface area (Å²) in [5, 5.41) is 17.1. The summed E-state index contributed by atoms with van der Waals surface area (Å²) in [6, 6.07) is 9.78. The number of nitrogens with one attached hydrogen (secondary N) is 2. The lowest BCUT2D eigenvalue weighted by Gasteiger charge is -2.22. The van der Waals surface area contributed by atoms with Crippen LogP contribution in [-0.4, -0.2) is 23.7 Å². The summed E-state index contributed by atoms with van der Waals surface area (Å²) in [5.41, 5.74) is -1.07. The van der Waals surface area contributed by atoms with Gasteiger partial charge in [-0.05, 0) is 38.3 Å². The number of fused-ring (bicyclic) bond motifs is 1. The van der Waals surface area contributed by atoms with Crippen LogP contribution in [0.3, 0.4) is 0 Å². The van der Waals surface area contributed by atoms with Crippen LogP contribution in [0, 0.1) is 0 Å². The van der Waals surface area contributed by atoms with Crippen molar-refractivity contribution in [2.24, 2.45) is 0 Å². The number of benzene rings is 1. The van der Waals surface area contributed by atoms with Crippen LogP contribution in [0.2, 0.25) is 0 Å². The van der Waals surface area contributed by atoms with Crippen LogP contribution in [0.1, 0.15) is 25.6 Å². The number of thiophene rings is 1. The van der Waals surface area contributed by atoms with Crippen molar-refractivity contribution in [2.45, 2.75) is 32.4 Å². The maximum atomic E-state index is 11.6. The molecule has 1 aromatic carbocycles. The fraction of sp³-hybridized carbons (Fsp3) is 0.400. The first-order valence-electron chi connectivity index (χ1n) is 6.64. The number of hydrogen-bond donors (Lipinski definition) is 3. The minimum absolute atomic E-state index is 0.0734. The highest BCUT2D eigenvalue weighted by Gasteiger charge is 2.26. The summed E-state index contributed by atoms with van der Waals surface area (Å²) in [5.74, 6) is 0. The van der Waals surface area contributed by atoms with Gasteiger partial charge in [-0.1, -0.05) is 18.2 Å². The predicted octanol–water partition coefficient (Wildman–Crippen LogP) is 2.82. The Labute approximate surface area is 122 Å². The van der Waals surface area contributed by atoms with E-state index in [2.05, 4.69) is 10.6 Å². The fourth-order valence-corrected chi connectivity index (χ4v) is 3.01. The van der Waals surface area contributed by atoms with Gasteiger partial charge in [0.05, 0.1) is 6.54 Å². The topological polar surface area (TPSA) is 61.4 Å². The van der Waals surface area contributed by atoms with Crippen LogP contribution in [0.5, 0.6) is 0 Å². The number of urea groups is 1. The SMILES string of the molecule is CC(C)NC(=O)NCC(C)(O)c1cc2ccccc2s1. The van der Waals surface area contributed by atoms with E-state index in [4.69, 9.17) is 0 Å². The first kappa shape index (κ1) is 14.8. The van der Waals surface area contributed by atoms with Crippen molar-refractivity contribution in [3.63, 3.8) is 0 Å². The number of rotatable bonds is 4. The minimum atomic E-state index is -1.07. The molecule has 2 rings (SSSR count). The van der Waals surface area contributed by atoms with Crippen molar-refractivity contribution in [1.29, 1.82) is 0 Å². The molecule has 1 unspecified atom stereocenters. The molecule has 5 heteroatoms. The van der Waals surface area contributed by atoms with E-state index in [-0.39, 0.29) is 18.6 Å². The Morgan fingerprint density at radius 2 is 2.10 bits per heavy atom. The third-order valence-corrected chi connectivity index (χ3v) is 4.34. The van der Waals surface area contributed by atoms with Crippen molar-refractivity contribution >= 4 is 27.5 Å². The molecule has 4 nitrogen and oxygen atoms in total. The first-order chi connectivity index (χ1) is 9.38. The maximum absolute atomic E-state index is 11.6. The molecule has 20 heavy (non-hydrogen) atoms. The highest BCUT2D eigenvalue weighted by atomic mass is 32.1. The molecule has 0 spiro atoms. The summed E-state index contributed by atoms with van der Waals surface area (Å²) in [6.45, 7) is 5.68. The summed E-state index contributed by atoms with van der Waals surface area (Å²) in [7, 11) is 0. The lowest BCUT2D eigenvalue weighted by Crippen LogP contribution is -2.45. The van der Waals surface area contributed by atoms with Crippen LogP contribution in [0.4, 0.5) is 4.79 Å². The second-order valence-electron chi connectivity index (χ2n) is 5.40. The van der Waals surface area contributed by atoms with E-state index >= 15 is 0 Å². The summed E-state index contributed by atoms with van der Waals surface area (Å²) < 4.78 is 1.13.